The summed E-state index contributed by atoms with van der Waals surface area (Å²) in [6.45, 7) is 3.78. The molecule has 0 aromatic rings. The third-order valence-electron chi connectivity index (χ3n) is 5.20. The molecule has 3 aliphatic rings. The second-order valence-corrected chi connectivity index (χ2v) is 6.19. The highest BCUT2D eigenvalue weighted by Gasteiger charge is 2.52. The van der Waals surface area contributed by atoms with E-state index in [0.717, 1.165) is 32.4 Å². The molecule has 104 valence electrons. The molecule has 5 atom stereocenters. The molecule has 1 amide bonds. The Bertz CT molecular complexity index is 431. The lowest BCUT2D eigenvalue weighted by Gasteiger charge is -2.28. The van der Waals surface area contributed by atoms with Crippen LogP contribution in [0.15, 0.2) is 12.2 Å². The predicted molar refractivity (Wildman–Crippen MR) is 70.3 cm³/mol. The monoisotopic (exact) mass is 263 g/mol. The van der Waals surface area contributed by atoms with Gasteiger partial charge in [-0.3, -0.25) is 9.59 Å². The normalized spacial score (nSPS) is 40.1. The van der Waals surface area contributed by atoms with E-state index in [9.17, 15) is 14.7 Å². The van der Waals surface area contributed by atoms with Gasteiger partial charge >= 0.3 is 5.97 Å². The van der Waals surface area contributed by atoms with E-state index in [-0.39, 0.29) is 23.7 Å². The van der Waals surface area contributed by atoms with Crippen LogP contribution in [0.2, 0.25) is 0 Å². The molecule has 0 spiro atoms. The molecule has 0 aromatic heterocycles. The number of hydrogen-bond donors (Lipinski definition) is 1. The van der Waals surface area contributed by atoms with Crippen LogP contribution in [0.25, 0.3) is 0 Å². The number of hydrogen-bond acceptors (Lipinski definition) is 2. The summed E-state index contributed by atoms with van der Waals surface area (Å²) in [6, 6.07) is 0. The first-order valence-corrected chi connectivity index (χ1v) is 7.31. The first-order valence-electron chi connectivity index (χ1n) is 7.31. The molecule has 4 heteroatoms. The fourth-order valence-corrected chi connectivity index (χ4v) is 4.07. The Morgan fingerprint density at radius 2 is 1.95 bits per heavy atom. The highest BCUT2D eigenvalue weighted by atomic mass is 16.4. The van der Waals surface area contributed by atoms with Gasteiger partial charge < -0.3 is 10.0 Å². The van der Waals surface area contributed by atoms with Gasteiger partial charge in [-0.05, 0) is 30.6 Å². The van der Waals surface area contributed by atoms with Crippen molar-refractivity contribution in [2.45, 2.75) is 26.2 Å². The van der Waals surface area contributed by atoms with Crippen LogP contribution in [0.1, 0.15) is 26.2 Å². The van der Waals surface area contributed by atoms with Crippen LogP contribution in [-0.4, -0.2) is 35.0 Å². The lowest BCUT2D eigenvalue weighted by molar-refractivity contribution is -0.150. The van der Waals surface area contributed by atoms with Gasteiger partial charge in [0.15, 0.2) is 0 Å². The van der Waals surface area contributed by atoms with Gasteiger partial charge in [-0.1, -0.05) is 25.5 Å². The summed E-state index contributed by atoms with van der Waals surface area (Å²) < 4.78 is 0. The van der Waals surface area contributed by atoms with Crippen molar-refractivity contribution in [3.8, 4) is 0 Å². The number of allylic oxidation sites excluding steroid dienone is 2. The van der Waals surface area contributed by atoms with Crippen molar-refractivity contribution in [2.75, 3.05) is 13.1 Å². The molecule has 1 saturated heterocycles. The van der Waals surface area contributed by atoms with Crippen LogP contribution in [0.4, 0.5) is 0 Å². The maximum atomic E-state index is 12.6. The van der Waals surface area contributed by atoms with Gasteiger partial charge in [-0.2, -0.15) is 0 Å². The van der Waals surface area contributed by atoms with E-state index in [4.69, 9.17) is 0 Å². The molecule has 0 aromatic carbocycles. The average Bonchev–Trinajstić information content (AvgIpc) is 3.11. The van der Waals surface area contributed by atoms with Crippen molar-refractivity contribution in [1.82, 2.24) is 4.90 Å². The van der Waals surface area contributed by atoms with Crippen molar-refractivity contribution >= 4 is 11.9 Å². The number of rotatable bonds is 3. The Morgan fingerprint density at radius 1 is 1.26 bits per heavy atom. The lowest BCUT2D eigenvalue weighted by atomic mass is 9.82. The van der Waals surface area contributed by atoms with Crippen molar-refractivity contribution < 1.29 is 14.7 Å². The van der Waals surface area contributed by atoms with E-state index >= 15 is 0 Å². The molecule has 1 aliphatic heterocycles. The number of nitrogens with zero attached hydrogens (tertiary/aromatic N) is 1. The molecule has 2 bridgehead atoms. The lowest BCUT2D eigenvalue weighted by Crippen LogP contribution is -2.42. The highest BCUT2D eigenvalue weighted by molar-refractivity contribution is 5.87. The summed E-state index contributed by atoms with van der Waals surface area (Å²) in [5.41, 5.74) is 0. The van der Waals surface area contributed by atoms with Gasteiger partial charge in [0, 0.05) is 13.1 Å². The zero-order valence-corrected chi connectivity index (χ0v) is 11.3. The number of carbonyl (C=O) groups excluding carboxylic acids is 1. The molecule has 19 heavy (non-hydrogen) atoms. The van der Waals surface area contributed by atoms with E-state index in [0.29, 0.717) is 5.92 Å². The summed E-state index contributed by atoms with van der Waals surface area (Å²) in [6.07, 6.45) is 7.06. The van der Waals surface area contributed by atoms with Crippen LogP contribution in [0, 0.1) is 29.6 Å². The van der Waals surface area contributed by atoms with E-state index in [1.165, 1.54) is 0 Å². The first-order chi connectivity index (χ1) is 9.11. The topological polar surface area (TPSA) is 57.6 Å². The van der Waals surface area contributed by atoms with Gasteiger partial charge in [-0.15, -0.1) is 0 Å². The summed E-state index contributed by atoms with van der Waals surface area (Å²) in [4.78, 5) is 26.0. The van der Waals surface area contributed by atoms with Crippen molar-refractivity contribution in [3.63, 3.8) is 0 Å². The summed E-state index contributed by atoms with van der Waals surface area (Å²) in [7, 11) is 0. The number of likely N-dealkylation sites (tertiary alicyclic amines) is 1. The quantitative estimate of drug-likeness (QED) is 0.789. The molecule has 1 N–H and O–H groups in total. The maximum Gasteiger partial charge on any atom is 0.307 e. The smallest absolute Gasteiger partial charge is 0.307 e. The average molecular weight is 263 g/mol. The Morgan fingerprint density at radius 3 is 2.53 bits per heavy atom. The number of amides is 1. The van der Waals surface area contributed by atoms with Crippen LogP contribution >= 0.6 is 0 Å². The molecule has 2 aliphatic carbocycles. The standard InChI is InChI=1S/C15H21NO3/c1-2-9-5-6-16(8-9)14(17)12-10-3-4-11(7-10)13(12)15(18)19/h3-4,9-13H,2,5-8H2,1H3,(H,18,19)/t9?,10?,11?,12-,13+/m0/s1. The molecule has 0 radical (unpaired) electrons. The first kappa shape index (κ1) is 12.7. The second kappa shape index (κ2) is 4.66. The molecular formula is C15H21NO3. The second-order valence-electron chi connectivity index (χ2n) is 6.19. The Balaban J connectivity index is 1.76. The van der Waals surface area contributed by atoms with E-state index < -0.39 is 11.9 Å². The van der Waals surface area contributed by atoms with Gasteiger partial charge in [0.1, 0.15) is 0 Å². The minimum absolute atomic E-state index is 0.0704. The maximum absolute atomic E-state index is 12.6. The van der Waals surface area contributed by atoms with Gasteiger partial charge in [0.25, 0.3) is 0 Å². The number of carboxylic acids is 1. The van der Waals surface area contributed by atoms with E-state index in [1.807, 2.05) is 11.0 Å². The number of aliphatic carboxylic acids is 1. The largest absolute Gasteiger partial charge is 0.481 e. The fraction of sp³-hybridized carbons (Fsp3) is 0.733. The summed E-state index contributed by atoms with van der Waals surface area (Å²) in [5, 5.41) is 9.39. The SMILES string of the molecule is CCC1CCN(C(=O)[C@H]2C3C=CC(C3)[C@H]2C(=O)O)C1. The summed E-state index contributed by atoms with van der Waals surface area (Å²) in [5.74, 6) is -0.713. The Hall–Kier alpha value is -1.32. The van der Waals surface area contributed by atoms with Crippen molar-refractivity contribution in [1.29, 1.82) is 0 Å². The Kier molecular flexibility index (Phi) is 3.11. The van der Waals surface area contributed by atoms with Crippen LogP contribution in [0.5, 0.6) is 0 Å². The van der Waals surface area contributed by atoms with Crippen LogP contribution in [-0.2, 0) is 9.59 Å². The predicted octanol–water partition coefficient (Wildman–Crippen LogP) is 1.77. The molecule has 1 saturated carbocycles. The summed E-state index contributed by atoms with van der Waals surface area (Å²) >= 11 is 0. The van der Waals surface area contributed by atoms with Gasteiger partial charge in [-0.25, -0.2) is 0 Å². The van der Waals surface area contributed by atoms with Crippen molar-refractivity contribution in [2.24, 2.45) is 29.6 Å². The molecule has 4 nitrogen and oxygen atoms in total. The fourth-order valence-electron chi connectivity index (χ4n) is 4.07. The highest BCUT2D eigenvalue weighted by Crippen LogP contribution is 2.49. The third-order valence-corrected chi connectivity index (χ3v) is 5.20. The zero-order chi connectivity index (χ0) is 13.6. The van der Waals surface area contributed by atoms with Crippen LogP contribution < -0.4 is 0 Å². The molecule has 3 unspecified atom stereocenters. The molecular weight excluding hydrogens is 242 g/mol. The van der Waals surface area contributed by atoms with Gasteiger partial charge in [0.05, 0.1) is 11.8 Å². The minimum atomic E-state index is -0.804. The van der Waals surface area contributed by atoms with E-state index in [1.54, 1.807) is 0 Å². The number of carboxylic acid groups (broad SMARTS) is 1. The van der Waals surface area contributed by atoms with Gasteiger partial charge in [0.2, 0.25) is 5.91 Å². The van der Waals surface area contributed by atoms with Crippen LogP contribution in [0.3, 0.4) is 0 Å². The third kappa shape index (κ3) is 1.97. The molecule has 3 rings (SSSR count). The zero-order valence-electron chi connectivity index (χ0n) is 11.3. The number of fused-ring (bicyclic) bond motifs is 2. The Labute approximate surface area is 113 Å². The molecule has 2 fully saturated rings. The number of carbonyl (C=O) groups is 2. The van der Waals surface area contributed by atoms with Crippen molar-refractivity contribution in [3.05, 3.63) is 12.2 Å². The van der Waals surface area contributed by atoms with E-state index in [2.05, 4.69) is 13.0 Å². The minimum Gasteiger partial charge on any atom is -0.481 e. The molecule has 1 heterocycles.